The van der Waals surface area contributed by atoms with Gasteiger partial charge >= 0.3 is 0 Å². The summed E-state index contributed by atoms with van der Waals surface area (Å²) in [5.74, 6) is 1.77. The van der Waals surface area contributed by atoms with E-state index in [9.17, 15) is 18.0 Å². The highest BCUT2D eigenvalue weighted by Crippen LogP contribution is 2.42. The van der Waals surface area contributed by atoms with Gasteiger partial charge in [-0.05, 0) is 55.2 Å². The Bertz CT molecular complexity index is 1530. The van der Waals surface area contributed by atoms with Crippen molar-refractivity contribution in [1.82, 2.24) is 15.9 Å². The maximum absolute atomic E-state index is 14.3. The van der Waals surface area contributed by atoms with Crippen molar-refractivity contribution in [3.63, 3.8) is 0 Å². The fourth-order valence-corrected chi connectivity index (χ4v) is 7.62. The lowest BCUT2D eigenvalue weighted by molar-refractivity contribution is -0.203. The number of aromatic amines is 1. The monoisotopic (exact) mass is 624 g/mol. The molecule has 0 spiro atoms. The number of hydrazine groups is 1. The highest BCUT2D eigenvalue weighted by Gasteiger charge is 2.54. The second-order valence-corrected chi connectivity index (χ2v) is 14.2. The van der Waals surface area contributed by atoms with Gasteiger partial charge in [-0.25, -0.2) is 24.6 Å². The van der Waals surface area contributed by atoms with Crippen LogP contribution in [0.2, 0.25) is 0 Å². The largest absolute Gasteiger partial charge is 0.361 e. The zero-order chi connectivity index (χ0) is 31.7. The number of hydroxylamine groups is 1. The Hall–Kier alpha value is -3.51. The number of aromatic nitrogens is 1. The van der Waals surface area contributed by atoms with Gasteiger partial charge in [-0.2, -0.15) is 0 Å². The first-order chi connectivity index (χ1) is 21.1. The van der Waals surface area contributed by atoms with Crippen molar-refractivity contribution in [2.75, 3.05) is 12.9 Å². The predicted octanol–water partition coefficient (Wildman–Crippen LogP) is 4.44. The minimum absolute atomic E-state index is 0.0154. The Morgan fingerprint density at radius 3 is 2.50 bits per heavy atom. The van der Waals surface area contributed by atoms with Crippen molar-refractivity contribution in [3.05, 3.63) is 78.0 Å². The molecule has 3 aromatic rings. The molecule has 0 aliphatic carbocycles. The van der Waals surface area contributed by atoms with Gasteiger partial charge in [0.05, 0.1) is 11.8 Å². The molecule has 2 aromatic carbocycles. The lowest BCUT2D eigenvalue weighted by Crippen LogP contribution is -2.57. The summed E-state index contributed by atoms with van der Waals surface area (Å²) in [5.41, 5.74) is 7.26. The van der Waals surface area contributed by atoms with E-state index >= 15 is 0 Å². The van der Waals surface area contributed by atoms with Gasteiger partial charge in [-0.15, -0.1) is 0 Å². The second-order valence-electron chi connectivity index (χ2n) is 11.9. The van der Waals surface area contributed by atoms with Gasteiger partial charge in [0.25, 0.3) is 0 Å². The number of nitrogens with two attached hydrogens (primary N) is 1. The molecule has 2 heterocycles. The van der Waals surface area contributed by atoms with E-state index in [1.807, 2.05) is 74.6 Å². The molecule has 2 unspecified atom stereocenters. The number of carbonyl (C=O) groups excluding carboxylic acids is 2. The number of nitrogens with one attached hydrogen (secondary N) is 3. The number of carbonyl (C=O) groups is 2. The summed E-state index contributed by atoms with van der Waals surface area (Å²) >= 11 is 0. The maximum Gasteiger partial charge on any atom is 0.249 e. The molecule has 44 heavy (non-hydrogen) atoms. The number of hydrogen-bond acceptors (Lipinski definition) is 7. The SMILES string of the molecule is CC(C)C[C@@H](C(=O)NN)[C@@H](C(=O)NOC1CCCCO1)C(/C=C/c1ccccc1)(CCc1c[nH]c2ccccc12)S(C)(=O)=O. The standard InChI is InChI=1S/C33H44N4O6S/c1-23(2)21-27(31(38)36-34)30(32(39)37-43-29-15-9-10-20-42-29)33(44(3,40)41,18-16-24-11-5-4-6-12-24)19-17-25-22-35-28-14-8-7-13-26(25)28/h4-8,11-14,16,18,22-23,27,29-30,35H,9-10,15,17,19-21,34H2,1-3H3,(H,36,38)(H,37,39)/b18-16+/t27-,29?,30+,33?/m1/s1. The number of ether oxygens (including phenoxy) is 1. The number of aryl methyl sites for hydroxylation is 1. The summed E-state index contributed by atoms with van der Waals surface area (Å²) in [7, 11) is -4.08. The molecule has 1 fully saturated rings. The van der Waals surface area contributed by atoms with Crippen molar-refractivity contribution >= 4 is 38.6 Å². The van der Waals surface area contributed by atoms with Gasteiger partial charge in [0.2, 0.25) is 11.8 Å². The maximum atomic E-state index is 14.3. The van der Waals surface area contributed by atoms with Gasteiger partial charge in [-0.1, -0.05) is 74.5 Å². The third-order valence-electron chi connectivity index (χ3n) is 8.35. The van der Waals surface area contributed by atoms with Crippen LogP contribution in [-0.2, 0) is 35.4 Å². The average Bonchev–Trinajstić information content (AvgIpc) is 3.43. The minimum atomic E-state index is -4.08. The summed E-state index contributed by atoms with van der Waals surface area (Å²) in [6.45, 7) is 4.31. The highest BCUT2D eigenvalue weighted by molar-refractivity contribution is 7.92. The average molecular weight is 625 g/mol. The summed E-state index contributed by atoms with van der Waals surface area (Å²) in [4.78, 5) is 36.6. The molecular formula is C33H44N4O6S. The van der Waals surface area contributed by atoms with Crippen molar-refractivity contribution < 1.29 is 27.6 Å². The number of amides is 2. The summed E-state index contributed by atoms with van der Waals surface area (Å²) in [6.07, 6.45) is 8.46. The van der Waals surface area contributed by atoms with E-state index in [4.69, 9.17) is 15.4 Å². The van der Waals surface area contributed by atoms with Crippen LogP contribution in [0.5, 0.6) is 0 Å². The van der Waals surface area contributed by atoms with E-state index in [0.29, 0.717) is 19.4 Å². The summed E-state index contributed by atoms with van der Waals surface area (Å²) in [5, 5.41) is 0.958. The lowest BCUT2D eigenvalue weighted by Gasteiger charge is -2.40. The molecule has 4 rings (SSSR count). The normalized spacial score (nSPS) is 18.6. The van der Waals surface area contributed by atoms with Crippen LogP contribution in [-0.4, -0.2) is 49.1 Å². The molecule has 1 aromatic heterocycles. The summed E-state index contributed by atoms with van der Waals surface area (Å²) in [6, 6.07) is 17.0. The fraction of sp³-hybridized carbons (Fsp3) is 0.455. The molecule has 238 valence electrons. The van der Waals surface area contributed by atoms with Gasteiger partial charge in [0, 0.05) is 36.4 Å². The van der Waals surface area contributed by atoms with Crippen LogP contribution in [0.3, 0.4) is 0 Å². The van der Waals surface area contributed by atoms with E-state index in [2.05, 4.69) is 15.9 Å². The molecule has 0 bridgehead atoms. The van der Waals surface area contributed by atoms with Crippen molar-refractivity contribution in [2.45, 2.75) is 63.4 Å². The van der Waals surface area contributed by atoms with Crippen LogP contribution < -0.4 is 16.7 Å². The first-order valence-corrected chi connectivity index (χ1v) is 17.0. The molecule has 11 heteroatoms. The molecule has 0 saturated carbocycles. The molecule has 5 N–H and O–H groups in total. The Labute approximate surface area is 259 Å². The smallest absolute Gasteiger partial charge is 0.249 e. The van der Waals surface area contributed by atoms with Crippen LogP contribution in [0.1, 0.15) is 57.1 Å². The topological polar surface area (TPSA) is 153 Å². The first-order valence-electron chi connectivity index (χ1n) is 15.1. The molecule has 1 aliphatic heterocycles. The molecule has 1 aliphatic rings. The molecular weight excluding hydrogens is 580 g/mol. The van der Waals surface area contributed by atoms with Crippen LogP contribution in [0.25, 0.3) is 17.0 Å². The zero-order valence-electron chi connectivity index (χ0n) is 25.6. The van der Waals surface area contributed by atoms with Crippen molar-refractivity contribution in [2.24, 2.45) is 23.6 Å². The molecule has 4 atom stereocenters. The predicted molar refractivity (Wildman–Crippen MR) is 171 cm³/mol. The van der Waals surface area contributed by atoms with E-state index in [0.717, 1.165) is 41.1 Å². The van der Waals surface area contributed by atoms with Crippen LogP contribution in [0, 0.1) is 17.8 Å². The quantitative estimate of drug-likeness (QED) is 0.118. The number of fused-ring (bicyclic) bond motifs is 1. The third-order valence-corrected chi connectivity index (χ3v) is 10.3. The van der Waals surface area contributed by atoms with E-state index in [1.165, 1.54) is 0 Å². The molecule has 2 amide bonds. The van der Waals surface area contributed by atoms with Gasteiger partial charge in [-0.3, -0.25) is 15.0 Å². The van der Waals surface area contributed by atoms with E-state index in [1.54, 1.807) is 12.2 Å². The summed E-state index contributed by atoms with van der Waals surface area (Å²) < 4.78 is 32.2. The van der Waals surface area contributed by atoms with Crippen LogP contribution in [0.15, 0.2) is 66.9 Å². The molecule has 10 nitrogen and oxygen atoms in total. The molecule has 0 radical (unpaired) electrons. The minimum Gasteiger partial charge on any atom is -0.361 e. The number of benzene rings is 2. The van der Waals surface area contributed by atoms with Crippen molar-refractivity contribution in [3.8, 4) is 0 Å². The van der Waals surface area contributed by atoms with Gasteiger partial charge < -0.3 is 9.72 Å². The number of para-hydroxylation sites is 1. The van der Waals surface area contributed by atoms with Crippen molar-refractivity contribution in [1.29, 1.82) is 0 Å². The van der Waals surface area contributed by atoms with Gasteiger partial charge in [0.15, 0.2) is 16.1 Å². The zero-order valence-corrected chi connectivity index (χ0v) is 26.4. The van der Waals surface area contributed by atoms with Gasteiger partial charge in [0.1, 0.15) is 4.75 Å². The number of rotatable bonds is 14. The Kier molecular flexibility index (Phi) is 11.4. The Balaban J connectivity index is 1.86. The number of H-pyrrole nitrogens is 1. The fourth-order valence-electron chi connectivity index (χ4n) is 6.10. The van der Waals surface area contributed by atoms with Crippen LogP contribution in [0.4, 0.5) is 0 Å². The van der Waals surface area contributed by atoms with E-state index in [-0.39, 0.29) is 18.8 Å². The Morgan fingerprint density at radius 2 is 1.84 bits per heavy atom. The second kappa shape index (κ2) is 15.0. The third kappa shape index (κ3) is 7.95. The lowest BCUT2D eigenvalue weighted by atomic mass is 9.73. The molecule has 1 saturated heterocycles. The Morgan fingerprint density at radius 1 is 1.11 bits per heavy atom. The number of hydrogen-bond donors (Lipinski definition) is 4. The highest BCUT2D eigenvalue weighted by atomic mass is 32.2. The number of sulfone groups is 1. The first kappa shape index (κ1) is 33.4. The van der Waals surface area contributed by atoms with Crippen LogP contribution >= 0.6 is 0 Å². The van der Waals surface area contributed by atoms with E-state index < -0.39 is 44.5 Å².